The van der Waals surface area contributed by atoms with Crippen LogP contribution in [0.15, 0.2) is 71.5 Å². The number of fused-ring (bicyclic) bond motifs is 1. The number of aromatic nitrogens is 2. The van der Waals surface area contributed by atoms with Crippen molar-refractivity contribution < 1.29 is 4.92 Å². The van der Waals surface area contributed by atoms with Crippen LogP contribution in [0.3, 0.4) is 0 Å². The molecule has 0 unspecified atom stereocenters. The molecule has 6 nitrogen and oxygen atoms in total. The first kappa shape index (κ1) is 19.3. The normalized spacial score (nSPS) is 11.3. The highest BCUT2D eigenvalue weighted by atomic mass is 16.6. The molecule has 1 heterocycles. The van der Waals surface area contributed by atoms with Gasteiger partial charge >= 0.3 is 0 Å². The lowest BCUT2D eigenvalue weighted by atomic mass is 10.1. The second kappa shape index (κ2) is 7.75. The van der Waals surface area contributed by atoms with Crippen LogP contribution < -0.4 is 5.56 Å². The van der Waals surface area contributed by atoms with Crippen LogP contribution in [0.4, 0.5) is 5.69 Å². The van der Waals surface area contributed by atoms with Gasteiger partial charge in [0.1, 0.15) is 5.82 Å². The van der Waals surface area contributed by atoms with Crippen molar-refractivity contribution in [2.45, 2.75) is 13.8 Å². The molecule has 4 aromatic rings. The summed E-state index contributed by atoms with van der Waals surface area (Å²) in [6.45, 7) is 3.94. The lowest BCUT2D eigenvalue weighted by Gasteiger charge is -2.14. The molecule has 0 atom stereocenters. The number of para-hydroxylation sites is 2. The van der Waals surface area contributed by atoms with E-state index >= 15 is 0 Å². The first-order chi connectivity index (χ1) is 14.5. The third-order valence-electron chi connectivity index (χ3n) is 4.94. The molecule has 0 bridgehead atoms. The molecule has 0 N–H and O–H groups in total. The zero-order valence-corrected chi connectivity index (χ0v) is 16.6. The van der Waals surface area contributed by atoms with Gasteiger partial charge in [0.05, 0.1) is 27.1 Å². The molecule has 1 aromatic heterocycles. The van der Waals surface area contributed by atoms with Crippen LogP contribution in [0.25, 0.3) is 28.7 Å². The number of nitrogens with zero attached hydrogens (tertiary/aromatic N) is 3. The summed E-state index contributed by atoms with van der Waals surface area (Å²) in [4.78, 5) is 28.9. The first-order valence-electron chi connectivity index (χ1n) is 9.46. The molecule has 148 valence electrons. The van der Waals surface area contributed by atoms with E-state index in [0.29, 0.717) is 22.3 Å². The predicted molar refractivity (Wildman–Crippen MR) is 119 cm³/mol. The Labute approximate surface area is 172 Å². The smallest absolute Gasteiger partial charge is 0.268 e. The molecular weight excluding hydrogens is 378 g/mol. The lowest BCUT2D eigenvalue weighted by molar-refractivity contribution is -0.385. The molecule has 0 saturated heterocycles. The van der Waals surface area contributed by atoms with E-state index in [4.69, 9.17) is 0 Å². The third-order valence-corrected chi connectivity index (χ3v) is 4.94. The molecular formula is C24H19N3O3. The van der Waals surface area contributed by atoms with E-state index in [1.165, 1.54) is 6.07 Å². The van der Waals surface area contributed by atoms with Gasteiger partial charge in [0.2, 0.25) is 0 Å². The van der Waals surface area contributed by atoms with E-state index in [9.17, 15) is 14.9 Å². The lowest BCUT2D eigenvalue weighted by Crippen LogP contribution is -2.23. The van der Waals surface area contributed by atoms with Gasteiger partial charge in [-0.15, -0.1) is 0 Å². The summed E-state index contributed by atoms with van der Waals surface area (Å²) in [5, 5.41) is 11.8. The van der Waals surface area contributed by atoms with Gasteiger partial charge in [-0.2, -0.15) is 0 Å². The standard InChI is InChI=1S/C24H19N3O3/c1-16-11-13-21(17(2)15-16)26-23(25-20-9-5-4-8-19(20)24(26)28)14-12-18-7-3-6-10-22(18)27(29)30/h3-15H,1-2H3. The van der Waals surface area contributed by atoms with E-state index in [2.05, 4.69) is 4.98 Å². The molecule has 0 fully saturated rings. The molecule has 0 aliphatic heterocycles. The number of hydrogen-bond acceptors (Lipinski definition) is 4. The Morgan fingerprint density at radius 1 is 0.967 bits per heavy atom. The van der Waals surface area contributed by atoms with E-state index in [1.54, 1.807) is 53.1 Å². The minimum Gasteiger partial charge on any atom is -0.268 e. The molecule has 30 heavy (non-hydrogen) atoms. The van der Waals surface area contributed by atoms with Crippen molar-refractivity contribution in [3.63, 3.8) is 0 Å². The average molecular weight is 397 g/mol. The molecule has 0 amide bonds. The van der Waals surface area contributed by atoms with Crippen LogP contribution in [0.5, 0.6) is 0 Å². The van der Waals surface area contributed by atoms with Crippen LogP contribution in [-0.4, -0.2) is 14.5 Å². The molecule has 0 radical (unpaired) electrons. The maximum Gasteiger partial charge on any atom is 0.276 e. The quantitative estimate of drug-likeness (QED) is 0.355. The van der Waals surface area contributed by atoms with Gasteiger partial charge in [0.25, 0.3) is 11.2 Å². The van der Waals surface area contributed by atoms with E-state index in [0.717, 1.165) is 16.8 Å². The fourth-order valence-corrected chi connectivity index (χ4v) is 3.51. The van der Waals surface area contributed by atoms with Gasteiger partial charge < -0.3 is 0 Å². The Bertz CT molecular complexity index is 1370. The zero-order valence-electron chi connectivity index (χ0n) is 16.6. The highest BCUT2D eigenvalue weighted by Crippen LogP contribution is 2.22. The Morgan fingerprint density at radius 2 is 1.70 bits per heavy atom. The number of nitro benzene ring substituents is 1. The number of hydrogen-bond donors (Lipinski definition) is 0. The molecule has 6 heteroatoms. The van der Waals surface area contributed by atoms with Crippen molar-refractivity contribution in [1.29, 1.82) is 0 Å². The largest absolute Gasteiger partial charge is 0.276 e. The van der Waals surface area contributed by atoms with Crippen LogP contribution in [-0.2, 0) is 0 Å². The summed E-state index contributed by atoms with van der Waals surface area (Å²) in [5.74, 6) is 0.406. The summed E-state index contributed by atoms with van der Waals surface area (Å²) in [6.07, 6.45) is 3.27. The minimum absolute atomic E-state index is 0.00467. The van der Waals surface area contributed by atoms with Crippen LogP contribution in [0.2, 0.25) is 0 Å². The summed E-state index contributed by atoms with van der Waals surface area (Å²) in [6, 6.07) is 19.5. The number of nitro groups is 1. The molecule has 0 spiro atoms. The maximum atomic E-state index is 13.4. The van der Waals surface area contributed by atoms with Crippen molar-refractivity contribution >= 4 is 28.7 Å². The fraction of sp³-hybridized carbons (Fsp3) is 0.0833. The van der Waals surface area contributed by atoms with Crippen molar-refractivity contribution in [3.05, 3.63) is 110 Å². The van der Waals surface area contributed by atoms with Gasteiger partial charge in [0, 0.05) is 6.07 Å². The van der Waals surface area contributed by atoms with Crippen molar-refractivity contribution in [3.8, 4) is 5.69 Å². The van der Waals surface area contributed by atoms with Gasteiger partial charge in [-0.25, -0.2) is 4.98 Å². The number of rotatable bonds is 4. The zero-order chi connectivity index (χ0) is 21.3. The minimum atomic E-state index is -0.426. The van der Waals surface area contributed by atoms with Crippen molar-refractivity contribution in [1.82, 2.24) is 9.55 Å². The molecule has 4 rings (SSSR count). The first-order valence-corrected chi connectivity index (χ1v) is 9.46. The summed E-state index contributed by atoms with van der Waals surface area (Å²) >= 11 is 0. The van der Waals surface area contributed by atoms with Crippen LogP contribution >= 0.6 is 0 Å². The van der Waals surface area contributed by atoms with E-state index in [-0.39, 0.29) is 11.2 Å². The van der Waals surface area contributed by atoms with Gasteiger partial charge in [0.15, 0.2) is 0 Å². The Morgan fingerprint density at radius 3 is 2.47 bits per heavy atom. The fourth-order valence-electron chi connectivity index (χ4n) is 3.51. The molecule has 3 aromatic carbocycles. The van der Waals surface area contributed by atoms with Gasteiger partial charge in [-0.1, -0.05) is 42.0 Å². The molecule has 0 aliphatic carbocycles. The summed E-state index contributed by atoms with van der Waals surface area (Å²) in [5.41, 5.74) is 3.59. The van der Waals surface area contributed by atoms with E-state index < -0.39 is 4.92 Å². The monoisotopic (exact) mass is 397 g/mol. The highest BCUT2D eigenvalue weighted by Gasteiger charge is 2.14. The average Bonchev–Trinajstić information content (AvgIpc) is 2.73. The van der Waals surface area contributed by atoms with Crippen LogP contribution in [0, 0.1) is 24.0 Å². The second-order valence-corrected chi connectivity index (χ2v) is 7.07. The predicted octanol–water partition coefficient (Wildman–Crippen LogP) is 5.08. The van der Waals surface area contributed by atoms with Gasteiger partial charge in [-0.3, -0.25) is 19.5 Å². The number of aryl methyl sites for hydroxylation is 2. The number of benzene rings is 3. The second-order valence-electron chi connectivity index (χ2n) is 7.07. The van der Waals surface area contributed by atoms with Crippen molar-refractivity contribution in [2.24, 2.45) is 0 Å². The summed E-state index contributed by atoms with van der Waals surface area (Å²) in [7, 11) is 0. The van der Waals surface area contributed by atoms with Gasteiger partial charge in [-0.05, 0) is 55.8 Å². The van der Waals surface area contributed by atoms with Crippen LogP contribution in [0.1, 0.15) is 22.5 Å². The Hall–Kier alpha value is -4.06. The Kier molecular flexibility index (Phi) is 4.98. The topological polar surface area (TPSA) is 78.0 Å². The SMILES string of the molecule is Cc1ccc(-n2c(C=Cc3ccccc3[N+](=O)[O-])nc3ccccc3c2=O)c(C)c1. The van der Waals surface area contributed by atoms with Crippen molar-refractivity contribution in [2.75, 3.05) is 0 Å². The molecule has 0 saturated carbocycles. The highest BCUT2D eigenvalue weighted by molar-refractivity contribution is 5.80. The maximum absolute atomic E-state index is 13.4. The Balaban J connectivity index is 1.97. The summed E-state index contributed by atoms with van der Waals surface area (Å²) < 4.78 is 1.56. The third kappa shape index (κ3) is 3.51. The molecule has 0 aliphatic rings. The van der Waals surface area contributed by atoms with E-state index in [1.807, 2.05) is 38.1 Å².